The molecule has 34 heavy (non-hydrogen) atoms. The fraction of sp³-hybridized carbons (Fsp3) is 0.346. The number of rotatable bonds is 2. The van der Waals surface area contributed by atoms with Crippen molar-refractivity contribution in [3.05, 3.63) is 70.6 Å². The number of imidazole rings is 1. The van der Waals surface area contributed by atoms with Crippen LogP contribution in [-0.2, 0) is 6.54 Å². The van der Waals surface area contributed by atoms with Gasteiger partial charge in [0.1, 0.15) is 17.7 Å². The van der Waals surface area contributed by atoms with Gasteiger partial charge in [-0.25, -0.2) is 14.4 Å². The van der Waals surface area contributed by atoms with E-state index in [0.29, 0.717) is 29.5 Å². The number of benzene rings is 1. The molecular weight excluding hydrogens is 431 g/mol. The van der Waals surface area contributed by atoms with E-state index >= 15 is 0 Å². The van der Waals surface area contributed by atoms with Crippen molar-refractivity contribution in [2.45, 2.75) is 46.3 Å². The molecule has 5 rings (SSSR count). The minimum atomic E-state index is -0.493. The first kappa shape index (κ1) is 22.1. The summed E-state index contributed by atoms with van der Waals surface area (Å²) in [6, 6.07) is 6.53. The molecule has 0 radical (unpaired) electrons. The van der Waals surface area contributed by atoms with Crippen LogP contribution in [0.5, 0.6) is 5.75 Å². The Labute approximate surface area is 198 Å². The summed E-state index contributed by atoms with van der Waals surface area (Å²) in [5.74, 6) is 1.67. The average molecular weight is 461 g/mol. The van der Waals surface area contributed by atoms with E-state index < -0.39 is 6.10 Å². The number of fused-ring (bicyclic) bond motifs is 5. The second kappa shape index (κ2) is 8.59. The van der Waals surface area contributed by atoms with Crippen molar-refractivity contribution in [1.29, 1.82) is 0 Å². The molecule has 7 nitrogen and oxygen atoms in total. The highest BCUT2D eigenvalue weighted by Crippen LogP contribution is 2.35. The Morgan fingerprint density at radius 2 is 2.09 bits per heavy atom. The van der Waals surface area contributed by atoms with Gasteiger partial charge >= 0.3 is 0 Å². The number of allylic oxidation sites excluding steroid dienone is 2. The van der Waals surface area contributed by atoms with Gasteiger partial charge in [-0.05, 0) is 63.8 Å². The third-order valence-electron chi connectivity index (χ3n) is 6.34. The number of nitrogen functional groups attached to an aromatic ring is 1. The molecule has 8 heteroatoms. The Kier molecular flexibility index (Phi) is 5.59. The lowest BCUT2D eigenvalue weighted by molar-refractivity contribution is 0.227. The van der Waals surface area contributed by atoms with Crippen LogP contribution < -0.4 is 16.2 Å². The van der Waals surface area contributed by atoms with Gasteiger partial charge in [0.15, 0.2) is 11.6 Å². The van der Waals surface area contributed by atoms with Gasteiger partial charge in [0.2, 0.25) is 0 Å². The highest BCUT2D eigenvalue weighted by Gasteiger charge is 2.25. The average Bonchev–Trinajstić information content (AvgIpc) is 3.55. The van der Waals surface area contributed by atoms with Crippen molar-refractivity contribution in [1.82, 2.24) is 14.5 Å². The van der Waals surface area contributed by atoms with Crippen LogP contribution in [0.1, 0.15) is 49.6 Å². The van der Waals surface area contributed by atoms with Crippen LogP contribution in [0.3, 0.4) is 0 Å². The van der Waals surface area contributed by atoms with E-state index in [1.807, 2.05) is 37.6 Å². The number of nitrogens with zero attached hydrogens (tertiary/aromatic N) is 4. The van der Waals surface area contributed by atoms with Gasteiger partial charge in [0, 0.05) is 46.9 Å². The summed E-state index contributed by atoms with van der Waals surface area (Å²) in [4.78, 5) is 14.2. The van der Waals surface area contributed by atoms with Crippen molar-refractivity contribution >= 4 is 11.5 Å². The molecule has 0 unspecified atom stereocenters. The number of aryl methyl sites for hydroxylation is 1. The zero-order valence-corrected chi connectivity index (χ0v) is 19.7. The molecule has 176 valence electrons. The maximum absolute atomic E-state index is 14.3. The van der Waals surface area contributed by atoms with Crippen LogP contribution in [0.2, 0.25) is 0 Å². The van der Waals surface area contributed by atoms with E-state index in [2.05, 4.69) is 4.98 Å². The van der Waals surface area contributed by atoms with E-state index in [4.69, 9.17) is 26.2 Å². The normalized spacial score (nSPS) is 20.6. The van der Waals surface area contributed by atoms with E-state index in [0.717, 1.165) is 40.5 Å². The summed E-state index contributed by atoms with van der Waals surface area (Å²) in [6.07, 6.45) is 5.59. The molecule has 0 amide bonds. The van der Waals surface area contributed by atoms with E-state index in [1.165, 1.54) is 25.0 Å². The molecule has 2 bridgehead atoms. The number of aromatic nitrogens is 3. The molecule has 3 heterocycles. The predicted molar refractivity (Wildman–Crippen MR) is 131 cm³/mol. The first-order valence-corrected chi connectivity index (χ1v) is 11.6. The van der Waals surface area contributed by atoms with Gasteiger partial charge < -0.3 is 20.8 Å². The van der Waals surface area contributed by atoms with E-state index in [9.17, 15) is 4.39 Å². The molecule has 1 saturated carbocycles. The predicted octanol–water partition coefficient (Wildman–Crippen LogP) is 4.56. The van der Waals surface area contributed by atoms with Crippen LogP contribution >= 0.6 is 0 Å². The van der Waals surface area contributed by atoms with Crippen LogP contribution in [0.4, 0.5) is 10.2 Å². The maximum atomic E-state index is 14.3. The zero-order valence-electron chi connectivity index (χ0n) is 19.7. The third kappa shape index (κ3) is 4.27. The zero-order chi connectivity index (χ0) is 24.0. The van der Waals surface area contributed by atoms with Crippen LogP contribution in [0.15, 0.2) is 52.9 Å². The summed E-state index contributed by atoms with van der Waals surface area (Å²) < 4.78 is 22.6. The van der Waals surface area contributed by atoms with Crippen LogP contribution in [0.25, 0.3) is 11.4 Å². The second-order valence-electron chi connectivity index (χ2n) is 9.23. The molecule has 1 aliphatic carbocycles. The lowest BCUT2D eigenvalue weighted by atomic mass is 9.99. The van der Waals surface area contributed by atoms with Crippen molar-refractivity contribution in [3.63, 3.8) is 0 Å². The van der Waals surface area contributed by atoms with Gasteiger partial charge in [0.25, 0.3) is 0 Å². The molecule has 4 N–H and O–H groups in total. The van der Waals surface area contributed by atoms with Gasteiger partial charge in [-0.15, -0.1) is 0 Å². The fourth-order valence-electron chi connectivity index (χ4n) is 4.33. The quantitative estimate of drug-likeness (QED) is 0.583. The number of anilines is 1. The smallest absolute Gasteiger partial charge is 0.166 e. The Morgan fingerprint density at radius 1 is 1.29 bits per heavy atom. The molecule has 1 atom stereocenters. The number of hydrogen-bond acceptors (Lipinski definition) is 6. The molecular formula is C26H29FN6O. The van der Waals surface area contributed by atoms with Gasteiger partial charge in [-0.3, -0.25) is 4.99 Å². The summed E-state index contributed by atoms with van der Waals surface area (Å²) >= 11 is 0. The van der Waals surface area contributed by atoms with Crippen molar-refractivity contribution in [2.24, 2.45) is 16.6 Å². The number of nitrogens with two attached hydrogens (primary N) is 2. The SMILES string of the molecule is CC(N)=C1Cn2cc(C)nc2-c2ccc(F)cc2[C@@H](C)Oc2cc(cnc2N)C1=NCC1CC1. The monoisotopic (exact) mass is 460 g/mol. The largest absolute Gasteiger partial charge is 0.482 e. The highest BCUT2D eigenvalue weighted by atomic mass is 19.1. The molecule has 1 aromatic carbocycles. The number of pyridine rings is 1. The number of halogens is 1. The molecule has 3 aromatic rings. The van der Waals surface area contributed by atoms with Crippen molar-refractivity contribution < 1.29 is 9.13 Å². The van der Waals surface area contributed by atoms with E-state index in [1.54, 1.807) is 12.3 Å². The van der Waals surface area contributed by atoms with Gasteiger partial charge in [0.05, 0.1) is 18.0 Å². The number of ether oxygens (including phenoxy) is 1. The molecule has 2 aliphatic rings. The minimum Gasteiger partial charge on any atom is -0.482 e. The maximum Gasteiger partial charge on any atom is 0.166 e. The summed E-state index contributed by atoms with van der Waals surface area (Å²) in [6.45, 7) is 6.89. The molecule has 1 aliphatic heterocycles. The van der Waals surface area contributed by atoms with Crippen LogP contribution in [-0.4, -0.2) is 26.8 Å². The molecule has 0 saturated heterocycles. The molecule has 2 aromatic heterocycles. The Balaban J connectivity index is 1.76. The Morgan fingerprint density at radius 3 is 2.82 bits per heavy atom. The fourth-order valence-corrected chi connectivity index (χ4v) is 4.33. The Bertz CT molecular complexity index is 1320. The Hall–Kier alpha value is -3.68. The number of aliphatic imine (C=N–C) groups is 1. The van der Waals surface area contributed by atoms with Gasteiger partial charge in [-0.1, -0.05) is 0 Å². The first-order valence-electron chi connectivity index (χ1n) is 11.6. The highest BCUT2D eigenvalue weighted by molar-refractivity contribution is 6.13. The standard InChI is InChI=1S/C26H29FN6O/c1-14-12-33-13-22(15(2)28)24(30-10-17-4-5-17)18-8-23(25(29)31-11-18)34-16(3)21-9-19(27)6-7-20(21)26(33)32-14/h6-9,11-12,16-17H,4-5,10,13,28H2,1-3H3,(H2,29,31)/t16-/m1/s1. The van der Waals surface area contributed by atoms with Crippen molar-refractivity contribution in [2.75, 3.05) is 12.3 Å². The molecule has 0 spiro atoms. The summed E-state index contributed by atoms with van der Waals surface area (Å²) in [5.41, 5.74) is 18.0. The first-order chi connectivity index (χ1) is 16.3. The lowest BCUT2D eigenvalue weighted by Gasteiger charge is -2.23. The molecule has 1 fully saturated rings. The topological polar surface area (TPSA) is 104 Å². The summed E-state index contributed by atoms with van der Waals surface area (Å²) in [7, 11) is 0. The van der Waals surface area contributed by atoms with E-state index in [-0.39, 0.29) is 11.6 Å². The van der Waals surface area contributed by atoms with Gasteiger partial charge in [-0.2, -0.15) is 0 Å². The lowest BCUT2D eigenvalue weighted by Crippen LogP contribution is -2.19. The third-order valence-corrected chi connectivity index (χ3v) is 6.34. The number of hydrogen-bond donors (Lipinski definition) is 2. The van der Waals surface area contributed by atoms with Crippen LogP contribution in [0, 0.1) is 18.7 Å². The second-order valence-corrected chi connectivity index (χ2v) is 9.23. The summed E-state index contributed by atoms with van der Waals surface area (Å²) in [5, 5.41) is 0. The minimum absolute atomic E-state index is 0.263. The van der Waals surface area contributed by atoms with Crippen molar-refractivity contribution in [3.8, 4) is 17.1 Å².